The quantitative estimate of drug-likeness (QED) is 0.703. The van der Waals surface area contributed by atoms with Gasteiger partial charge in [-0.25, -0.2) is 0 Å². The van der Waals surface area contributed by atoms with Crippen LogP contribution in [0.1, 0.15) is 40.6 Å². The molecule has 0 aromatic carbocycles. The first-order valence-electron chi connectivity index (χ1n) is 9.03. The number of carbonyl (C=O) groups is 3. The minimum atomic E-state index is -0.934. The Kier molecular flexibility index (Phi) is 4.14. The third-order valence-electron chi connectivity index (χ3n) is 6.04. The molecule has 138 valence electrons. The fourth-order valence-electron chi connectivity index (χ4n) is 4.81. The fraction of sp³-hybridized carbons (Fsp3) is 0.526. The van der Waals surface area contributed by atoms with E-state index in [-0.39, 0.29) is 17.7 Å². The van der Waals surface area contributed by atoms with Crippen molar-refractivity contribution in [2.24, 2.45) is 35.3 Å². The number of carboxylic acids is 1. The van der Waals surface area contributed by atoms with Gasteiger partial charge in [0.05, 0.1) is 17.4 Å². The Hall–Kier alpha value is -2.15. The molecule has 4 N–H and O–H groups in total. The van der Waals surface area contributed by atoms with Crippen LogP contribution >= 0.6 is 11.3 Å². The SMILES string of the molecule is C[C@H]1CCc2c(sc(NC(=O)[C@@H]3[C@@H](C(=O)O)[C@H]4C=C[C@@H]3C4)c2C(N)=O)C1. The summed E-state index contributed by atoms with van der Waals surface area (Å²) < 4.78 is 0. The molecular weight excluding hydrogens is 352 g/mol. The molecule has 0 saturated heterocycles. The van der Waals surface area contributed by atoms with Crippen molar-refractivity contribution in [3.05, 3.63) is 28.2 Å². The highest BCUT2D eigenvalue weighted by Gasteiger charge is 2.51. The molecule has 0 radical (unpaired) electrons. The molecule has 6 nitrogen and oxygen atoms in total. The maximum atomic E-state index is 12.9. The van der Waals surface area contributed by atoms with Gasteiger partial charge in [-0.2, -0.15) is 0 Å². The van der Waals surface area contributed by atoms with Gasteiger partial charge in [-0.1, -0.05) is 19.1 Å². The number of carbonyl (C=O) groups excluding carboxylic acids is 2. The molecule has 1 aromatic heterocycles. The van der Waals surface area contributed by atoms with Crippen LogP contribution in [0.3, 0.4) is 0 Å². The Morgan fingerprint density at radius 2 is 1.92 bits per heavy atom. The molecule has 4 rings (SSSR count). The summed E-state index contributed by atoms with van der Waals surface area (Å²) in [5, 5.41) is 12.9. The van der Waals surface area contributed by atoms with Crippen LogP contribution in [0.4, 0.5) is 5.00 Å². The van der Waals surface area contributed by atoms with Crippen molar-refractivity contribution in [2.45, 2.75) is 32.6 Å². The van der Waals surface area contributed by atoms with Gasteiger partial charge in [-0.15, -0.1) is 11.3 Å². The van der Waals surface area contributed by atoms with Crippen molar-refractivity contribution in [1.29, 1.82) is 0 Å². The molecule has 2 amide bonds. The van der Waals surface area contributed by atoms with E-state index in [2.05, 4.69) is 12.2 Å². The summed E-state index contributed by atoms with van der Waals surface area (Å²) in [6.45, 7) is 2.17. The smallest absolute Gasteiger partial charge is 0.307 e. The number of rotatable bonds is 4. The molecule has 1 heterocycles. The standard InChI is InChI=1S/C19H22N2O4S/c1-8-2-5-11-12(6-8)26-18(15(11)16(20)22)21-17(23)13-9-3-4-10(7-9)14(13)19(24)25/h3-4,8-10,13-14H,2,5-7H2,1H3,(H2,20,22)(H,21,23)(H,24,25)/t8-,9+,10-,13-,14-/m0/s1. The van der Waals surface area contributed by atoms with E-state index in [1.54, 1.807) is 0 Å². The van der Waals surface area contributed by atoms with Crippen LogP contribution in [0, 0.1) is 29.6 Å². The number of anilines is 1. The van der Waals surface area contributed by atoms with E-state index in [9.17, 15) is 19.5 Å². The Balaban J connectivity index is 1.63. The minimum absolute atomic E-state index is 0.0484. The van der Waals surface area contributed by atoms with Crippen LogP contribution in [0.25, 0.3) is 0 Å². The maximum Gasteiger partial charge on any atom is 0.307 e. The van der Waals surface area contributed by atoms with E-state index in [1.807, 2.05) is 12.2 Å². The molecule has 26 heavy (non-hydrogen) atoms. The molecule has 1 aromatic rings. The normalized spacial score (nSPS) is 31.7. The molecule has 0 spiro atoms. The van der Waals surface area contributed by atoms with Gasteiger partial charge in [0, 0.05) is 4.88 Å². The minimum Gasteiger partial charge on any atom is -0.481 e. The zero-order chi connectivity index (χ0) is 18.6. The number of fused-ring (bicyclic) bond motifs is 3. The predicted molar refractivity (Wildman–Crippen MR) is 98.0 cm³/mol. The van der Waals surface area contributed by atoms with Gasteiger partial charge in [-0.3, -0.25) is 14.4 Å². The average molecular weight is 374 g/mol. The van der Waals surface area contributed by atoms with Crippen LogP contribution in [0.5, 0.6) is 0 Å². The van der Waals surface area contributed by atoms with Crippen LogP contribution in [0.2, 0.25) is 0 Å². The van der Waals surface area contributed by atoms with E-state index in [0.717, 1.165) is 29.7 Å². The van der Waals surface area contributed by atoms with Crippen LogP contribution in [-0.2, 0) is 22.4 Å². The third-order valence-corrected chi connectivity index (χ3v) is 7.21. The number of nitrogens with two attached hydrogens (primary N) is 1. The average Bonchev–Trinajstić information content (AvgIpc) is 3.25. The first kappa shape index (κ1) is 17.3. The van der Waals surface area contributed by atoms with Gasteiger partial charge >= 0.3 is 5.97 Å². The van der Waals surface area contributed by atoms with Gasteiger partial charge in [0.25, 0.3) is 5.91 Å². The van der Waals surface area contributed by atoms with Gasteiger partial charge in [0.15, 0.2) is 0 Å². The molecule has 3 aliphatic rings. The van der Waals surface area contributed by atoms with Gasteiger partial charge in [0.1, 0.15) is 5.00 Å². The Bertz CT molecular complexity index is 828. The van der Waals surface area contributed by atoms with Crippen molar-refractivity contribution < 1.29 is 19.5 Å². The summed E-state index contributed by atoms with van der Waals surface area (Å²) in [7, 11) is 0. The molecule has 7 heteroatoms. The number of thiophene rings is 1. The lowest BCUT2D eigenvalue weighted by Crippen LogP contribution is -2.36. The molecule has 3 aliphatic carbocycles. The summed E-state index contributed by atoms with van der Waals surface area (Å²) in [5.41, 5.74) is 6.96. The van der Waals surface area contributed by atoms with Crippen molar-refractivity contribution in [2.75, 3.05) is 5.32 Å². The predicted octanol–water partition coefficient (Wildman–Crippen LogP) is 2.43. The number of primary amides is 1. The van der Waals surface area contributed by atoms with Gasteiger partial charge < -0.3 is 16.2 Å². The Morgan fingerprint density at radius 3 is 2.58 bits per heavy atom. The Labute approximate surface area is 155 Å². The summed E-state index contributed by atoms with van der Waals surface area (Å²) in [4.78, 5) is 37.7. The second kappa shape index (κ2) is 6.23. The largest absolute Gasteiger partial charge is 0.481 e. The van der Waals surface area contributed by atoms with Crippen LogP contribution in [0.15, 0.2) is 12.2 Å². The highest BCUT2D eigenvalue weighted by Crippen LogP contribution is 2.49. The molecule has 1 fully saturated rings. The van der Waals surface area contributed by atoms with Crippen LogP contribution in [-0.4, -0.2) is 22.9 Å². The number of amides is 2. The van der Waals surface area contributed by atoms with E-state index in [4.69, 9.17) is 5.73 Å². The molecule has 1 saturated carbocycles. The number of carboxylic acid groups (broad SMARTS) is 1. The number of hydrogen-bond donors (Lipinski definition) is 3. The van der Waals surface area contributed by atoms with Crippen molar-refractivity contribution in [3.63, 3.8) is 0 Å². The number of aliphatic carboxylic acids is 1. The second-order valence-electron chi connectivity index (χ2n) is 7.75. The lowest BCUT2D eigenvalue weighted by Gasteiger charge is -2.23. The second-order valence-corrected chi connectivity index (χ2v) is 8.85. The third kappa shape index (κ3) is 2.65. The maximum absolute atomic E-state index is 12.9. The van der Waals surface area contributed by atoms with Gasteiger partial charge in [-0.05, 0) is 49.0 Å². The topological polar surface area (TPSA) is 109 Å². The summed E-state index contributed by atoms with van der Waals surface area (Å²) >= 11 is 1.41. The summed E-state index contributed by atoms with van der Waals surface area (Å²) in [5.74, 6) is -2.67. The lowest BCUT2D eigenvalue weighted by molar-refractivity contribution is -0.146. The highest BCUT2D eigenvalue weighted by molar-refractivity contribution is 7.17. The number of allylic oxidation sites excluding steroid dienone is 2. The summed E-state index contributed by atoms with van der Waals surface area (Å²) in [6, 6.07) is 0. The van der Waals surface area contributed by atoms with E-state index < -0.39 is 23.7 Å². The zero-order valence-corrected chi connectivity index (χ0v) is 15.3. The zero-order valence-electron chi connectivity index (χ0n) is 14.5. The Morgan fingerprint density at radius 1 is 1.23 bits per heavy atom. The molecule has 0 unspecified atom stereocenters. The molecule has 0 aliphatic heterocycles. The number of nitrogens with one attached hydrogen (secondary N) is 1. The van der Waals surface area contributed by atoms with Crippen molar-refractivity contribution in [1.82, 2.24) is 0 Å². The van der Waals surface area contributed by atoms with Crippen molar-refractivity contribution in [3.8, 4) is 0 Å². The van der Waals surface area contributed by atoms with Crippen molar-refractivity contribution >= 4 is 34.1 Å². The molecule has 5 atom stereocenters. The van der Waals surface area contributed by atoms with E-state index >= 15 is 0 Å². The fourth-order valence-corrected chi connectivity index (χ4v) is 6.23. The monoisotopic (exact) mass is 374 g/mol. The first-order valence-corrected chi connectivity index (χ1v) is 9.84. The highest BCUT2D eigenvalue weighted by atomic mass is 32.1. The lowest BCUT2D eigenvalue weighted by atomic mass is 9.82. The van der Waals surface area contributed by atoms with E-state index in [1.165, 1.54) is 11.3 Å². The number of hydrogen-bond acceptors (Lipinski definition) is 4. The molecule has 2 bridgehead atoms. The first-order chi connectivity index (χ1) is 12.4. The van der Waals surface area contributed by atoms with E-state index in [0.29, 0.717) is 22.9 Å². The summed E-state index contributed by atoms with van der Waals surface area (Å²) in [6.07, 6.45) is 7.23. The molecular formula is C19H22N2O4S. The van der Waals surface area contributed by atoms with Gasteiger partial charge in [0.2, 0.25) is 5.91 Å². The van der Waals surface area contributed by atoms with Crippen LogP contribution < -0.4 is 11.1 Å².